The van der Waals surface area contributed by atoms with Crippen molar-refractivity contribution in [2.24, 2.45) is 0 Å². The molecule has 1 aromatic carbocycles. The molecule has 0 spiro atoms. The van der Waals surface area contributed by atoms with Gasteiger partial charge in [0.15, 0.2) is 18.9 Å². The minimum Gasteiger partial charge on any atom is -0.482 e. The number of unbranched alkanes of at least 4 members (excludes halogenated alkanes) is 1. The summed E-state index contributed by atoms with van der Waals surface area (Å²) >= 11 is 0. The maximum Gasteiger partial charge on any atom is 0.344 e. The van der Waals surface area contributed by atoms with Crippen LogP contribution in [0.3, 0.4) is 0 Å². The molecule has 0 saturated carbocycles. The number of nitrogen functional groups attached to an aromatic ring is 1. The van der Waals surface area contributed by atoms with Crippen LogP contribution in [0.1, 0.15) is 44.2 Å². The lowest BCUT2D eigenvalue weighted by Gasteiger charge is -2.24. The highest BCUT2D eigenvalue weighted by Gasteiger charge is 2.24. The lowest BCUT2D eigenvalue weighted by atomic mass is 10.1. The van der Waals surface area contributed by atoms with Crippen molar-refractivity contribution < 1.29 is 19.1 Å². The lowest BCUT2D eigenvalue weighted by molar-refractivity contribution is -0.149. The summed E-state index contributed by atoms with van der Waals surface area (Å²) in [7, 11) is 0. The highest BCUT2D eigenvalue weighted by Crippen LogP contribution is 2.19. The number of benzene rings is 1. The Bertz CT molecular complexity index is 1110. The van der Waals surface area contributed by atoms with Crippen LogP contribution < -0.4 is 26.6 Å². The summed E-state index contributed by atoms with van der Waals surface area (Å²) in [5.74, 6) is -0.931. The molecule has 0 aliphatic carbocycles. The maximum atomic E-state index is 12.9. The quantitative estimate of drug-likeness (QED) is 0.489. The molecule has 1 amide bonds. The van der Waals surface area contributed by atoms with Crippen LogP contribution in [0.5, 0.6) is 5.75 Å². The highest BCUT2D eigenvalue weighted by atomic mass is 16.6. The van der Waals surface area contributed by atoms with E-state index in [4.69, 9.17) is 15.2 Å². The Morgan fingerprint density at radius 2 is 1.82 bits per heavy atom. The molecule has 1 aromatic heterocycles. The fourth-order valence-corrected chi connectivity index (χ4v) is 3.17. The Kier molecular flexibility index (Phi) is 9.26. The van der Waals surface area contributed by atoms with Crippen molar-refractivity contribution in [2.45, 2.75) is 53.5 Å². The summed E-state index contributed by atoms with van der Waals surface area (Å²) < 4.78 is 11.7. The van der Waals surface area contributed by atoms with Crippen molar-refractivity contribution in [3.63, 3.8) is 0 Å². The Labute approximate surface area is 192 Å². The van der Waals surface area contributed by atoms with Crippen LogP contribution in [0.25, 0.3) is 0 Å². The first kappa shape index (κ1) is 25.7. The van der Waals surface area contributed by atoms with Crippen molar-refractivity contribution in [1.82, 2.24) is 9.55 Å². The predicted molar refractivity (Wildman–Crippen MR) is 126 cm³/mol. The molecule has 0 radical (unpaired) electrons. The van der Waals surface area contributed by atoms with Gasteiger partial charge in [0.05, 0.1) is 0 Å². The summed E-state index contributed by atoms with van der Waals surface area (Å²) in [5, 5.41) is 0. The normalized spacial score (nSPS) is 10.7. The molecule has 2 rings (SSSR count). The molecular weight excluding hydrogens is 428 g/mol. The third-order valence-corrected chi connectivity index (χ3v) is 5.16. The zero-order chi connectivity index (χ0) is 24.5. The van der Waals surface area contributed by atoms with E-state index in [1.165, 1.54) is 9.47 Å². The molecule has 0 bridgehead atoms. The fourth-order valence-electron chi connectivity index (χ4n) is 3.17. The maximum absolute atomic E-state index is 12.9. The Balaban J connectivity index is 2.12. The molecule has 0 atom stereocenters. The SMILES string of the molecule is CCCCN(C(=O)COC(=O)COc1ccc(C)c(C)c1)c1c(N)n(CCC)c(=O)[nH]c1=O. The van der Waals surface area contributed by atoms with Crippen molar-refractivity contribution in [3.05, 3.63) is 50.2 Å². The number of hydrogen-bond acceptors (Lipinski definition) is 7. The smallest absolute Gasteiger partial charge is 0.344 e. The van der Waals surface area contributed by atoms with Crippen LogP contribution in [-0.4, -0.2) is 41.2 Å². The molecule has 0 unspecified atom stereocenters. The Morgan fingerprint density at radius 1 is 1.09 bits per heavy atom. The zero-order valence-electron chi connectivity index (χ0n) is 19.6. The molecule has 3 N–H and O–H groups in total. The van der Waals surface area contributed by atoms with Crippen LogP contribution in [0.15, 0.2) is 27.8 Å². The number of carbonyl (C=O) groups excluding carboxylic acids is 2. The van der Waals surface area contributed by atoms with E-state index in [2.05, 4.69) is 4.98 Å². The number of aromatic amines is 1. The second kappa shape index (κ2) is 11.9. The van der Waals surface area contributed by atoms with Gasteiger partial charge in [-0.05, 0) is 49.9 Å². The molecule has 0 fully saturated rings. The lowest BCUT2D eigenvalue weighted by Crippen LogP contribution is -2.43. The van der Waals surface area contributed by atoms with Crippen molar-refractivity contribution in [1.29, 1.82) is 0 Å². The minimum atomic E-state index is -0.765. The van der Waals surface area contributed by atoms with E-state index in [0.717, 1.165) is 17.5 Å². The molecule has 10 heteroatoms. The number of hydrogen-bond donors (Lipinski definition) is 2. The summed E-state index contributed by atoms with van der Waals surface area (Å²) in [6.07, 6.45) is 1.94. The van der Waals surface area contributed by atoms with Gasteiger partial charge in [-0.1, -0.05) is 26.3 Å². The second-order valence-corrected chi connectivity index (χ2v) is 7.74. The molecule has 180 valence electrons. The number of nitrogens with two attached hydrogens (primary N) is 1. The number of H-pyrrole nitrogens is 1. The van der Waals surface area contributed by atoms with Crippen LogP contribution in [0.4, 0.5) is 11.5 Å². The standard InChI is InChI=1S/C23H32N4O6/c1-5-7-11-26(20-21(24)27(10-6-2)23(31)25-22(20)30)18(28)13-33-19(29)14-32-17-9-8-15(3)16(4)12-17/h8-9,12H,5-7,10-11,13-14,24H2,1-4H3,(H,25,30,31). The van der Waals surface area contributed by atoms with Gasteiger partial charge < -0.3 is 20.1 Å². The van der Waals surface area contributed by atoms with Crippen molar-refractivity contribution in [2.75, 3.05) is 30.4 Å². The molecule has 33 heavy (non-hydrogen) atoms. The number of aryl methyl sites for hydroxylation is 2. The third kappa shape index (κ3) is 6.71. The zero-order valence-corrected chi connectivity index (χ0v) is 19.6. The Morgan fingerprint density at radius 3 is 2.45 bits per heavy atom. The Hall–Kier alpha value is -3.56. The monoisotopic (exact) mass is 460 g/mol. The summed E-state index contributed by atoms with van der Waals surface area (Å²) in [6.45, 7) is 7.20. The van der Waals surface area contributed by atoms with Gasteiger partial charge in [0.2, 0.25) is 0 Å². The van der Waals surface area contributed by atoms with E-state index < -0.39 is 29.7 Å². The van der Waals surface area contributed by atoms with Crippen molar-refractivity contribution in [3.8, 4) is 5.75 Å². The van der Waals surface area contributed by atoms with Crippen LogP contribution in [0, 0.1) is 13.8 Å². The van der Waals surface area contributed by atoms with E-state index in [0.29, 0.717) is 18.6 Å². The average molecular weight is 461 g/mol. The summed E-state index contributed by atoms with van der Waals surface area (Å²) in [6, 6.07) is 5.43. The number of rotatable bonds is 11. The third-order valence-electron chi connectivity index (χ3n) is 5.16. The van der Waals surface area contributed by atoms with Crippen LogP contribution >= 0.6 is 0 Å². The average Bonchev–Trinajstić information content (AvgIpc) is 2.77. The first-order chi connectivity index (χ1) is 15.7. The van der Waals surface area contributed by atoms with Crippen molar-refractivity contribution >= 4 is 23.4 Å². The first-order valence-electron chi connectivity index (χ1n) is 11.0. The number of anilines is 2. The minimum absolute atomic E-state index is 0.0977. The number of nitrogens with one attached hydrogen (secondary N) is 1. The van der Waals surface area contributed by atoms with E-state index in [-0.39, 0.29) is 31.2 Å². The largest absolute Gasteiger partial charge is 0.482 e. The summed E-state index contributed by atoms with van der Waals surface area (Å²) in [5.41, 5.74) is 6.69. The van der Waals surface area contributed by atoms with Gasteiger partial charge in [0.1, 0.15) is 11.6 Å². The topological polar surface area (TPSA) is 137 Å². The fraction of sp³-hybridized carbons (Fsp3) is 0.478. The molecule has 10 nitrogen and oxygen atoms in total. The van der Waals surface area contributed by atoms with E-state index in [1.54, 1.807) is 12.1 Å². The van der Waals surface area contributed by atoms with Crippen LogP contribution in [-0.2, 0) is 20.9 Å². The molecule has 0 aliphatic heterocycles. The highest BCUT2D eigenvalue weighted by molar-refractivity contribution is 5.97. The van der Waals surface area contributed by atoms with Gasteiger partial charge in [0, 0.05) is 13.1 Å². The number of carbonyl (C=O) groups is 2. The van der Waals surface area contributed by atoms with E-state index in [1.807, 2.05) is 33.8 Å². The number of ether oxygens (including phenoxy) is 2. The van der Waals surface area contributed by atoms with Gasteiger partial charge >= 0.3 is 11.7 Å². The number of amides is 1. The number of esters is 1. The molecule has 1 heterocycles. The van der Waals surface area contributed by atoms with Gasteiger partial charge in [0.25, 0.3) is 11.5 Å². The summed E-state index contributed by atoms with van der Waals surface area (Å²) in [4.78, 5) is 53.0. The van der Waals surface area contributed by atoms with E-state index >= 15 is 0 Å². The number of nitrogens with zero attached hydrogens (tertiary/aromatic N) is 2. The molecular formula is C23H32N4O6. The van der Waals surface area contributed by atoms with Gasteiger partial charge in [-0.15, -0.1) is 0 Å². The van der Waals surface area contributed by atoms with Gasteiger partial charge in [-0.2, -0.15) is 0 Å². The number of aromatic nitrogens is 2. The van der Waals surface area contributed by atoms with Crippen LogP contribution in [0.2, 0.25) is 0 Å². The molecule has 0 aliphatic rings. The predicted octanol–water partition coefficient (Wildman–Crippen LogP) is 1.90. The molecule has 2 aromatic rings. The molecule has 0 saturated heterocycles. The first-order valence-corrected chi connectivity index (χ1v) is 11.0. The second-order valence-electron chi connectivity index (χ2n) is 7.74. The van der Waals surface area contributed by atoms with Gasteiger partial charge in [-0.25, -0.2) is 9.59 Å². The van der Waals surface area contributed by atoms with E-state index in [9.17, 15) is 19.2 Å². The van der Waals surface area contributed by atoms with Gasteiger partial charge in [-0.3, -0.25) is 19.1 Å².